The first-order valence-corrected chi connectivity index (χ1v) is 8.49. The third-order valence-electron chi connectivity index (χ3n) is 4.35. The lowest BCUT2D eigenvalue weighted by Crippen LogP contribution is -2.45. The topological polar surface area (TPSA) is 91.4 Å². The summed E-state index contributed by atoms with van der Waals surface area (Å²) in [6.45, 7) is 2.35. The summed E-state index contributed by atoms with van der Waals surface area (Å²) in [7, 11) is 0. The van der Waals surface area contributed by atoms with Crippen molar-refractivity contribution in [3.8, 4) is 0 Å². The van der Waals surface area contributed by atoms with E-state index in [1.807, 2.05) is 24.3 Å². The minimum Gasteiger partial charge on any atom is -0.312 e. The van der Waals surface area contributed by atoms with Crippen LogP contribution >= 0.6 is 0 Å². The van der Waals surface area contributed by atoms with Crippen molar-refractivity contribution in [2.75, 3.05) is 11.4 Å². The molecular formula is C19H20N4O3. The number of benzene rings is 1. The van der Waals surface area contributed by atoms with Crippen LogP contribution in [0.5, 0.6) is 0 Å². The maximum atomic E-state index is 12.3. The van der Waals surface area contributed by atoms with Gasteiger partial charge in [-0.25, -0.2) is 0 Å². The number of anilines is 1. The lowest BCUT2D eigenvalue weighted by Gasteiger charge is -2.17. The molecule has 134 valence electrons. The first kappa shape index (κ1) is 17.6. The Kier molecular flexibility index (Phi) is 5.26. The normalized spacial score (nSPS) is 16.4. The Morgan fingerprint density at radius 3 is 2.58 bits per heavy atom. The molecule has 0 unspecified atom stereocenters. The number of nitrogens with one attached hydrogen (secondary N) is 2. The standard InChI is InChI=1S/C19H20N4O3/c1-2-13-6-8-15(9-7-13)23-12-14(11-17(23)24)18(25)21-22-19(26)16-5-3-4-10-20-16/h3-10,14H,2,11-12H2,1H3,(H,21,25)(H,22,26)/t14-/m1/s1. The Morgan fingerprint density at radius 1 is 1.15 bits per heavy atom. The van der Waals surface area contributed by atoms with Gasteiger partial charge in [0.15, 0.2) is 0 Å². The largest absolute Gasteiger partial charge is 0.312 e. The lowest BCUT2D eigenvalue weighted by atomic mass is 10.1. The van der Waals surface area contributed by atoms with Crippen LogP contribution < -0.4 is 15.8 Å². The molecule has 2 heterocycles. The first-order chi connectivity index (χ1) is 12.6. The highest BCUT2D eigenvalue weighted by atomic mass is 16.2. The molecule has 7 heteroatoms. The number of hydrogen-bond donors (Lipinski definition) is 2. The number of rotatable bonds is 4. The van der Waals surface area contributed by atoms with E-state index in [2.05, 4.69) is 22.8 Å². The Labute approximate surface area is 151 Å². The van der Waals surface area contributed by atoms with Crippen molar-refractivity contribution in [1.29, 1.82) is 0 Å². The molecule has 3 amide bonds. The van der Waals surface area contributed by atoms with Crippen LogP contribution in [0.25, 0.3) is 0 Å². The van der Waals surface area contributed by atoms with E-state index in [1.165, 1.54) is 11.8 Å². The summed E-state index contributed by atoms with van der Waals surface area (Å²) in [5.74, 6) is -1.52. The van der Waals surface area contributed by atoms with Crippen molar-refractivity contribution >= 4 is 23.4 Å². The molecule has 0 aliphatic carbocycles. The molecule has 0 radical (unpaired) electrons. The van der Waals surface area contributed by atoms with Gasteiger partial charge in [-0.3, -0.25) is 30.2 Å². The minimum atomic E-state index is -0.516. The molecule has 2 N–H and O–H groups in total. The molecule has 1 aromatic heterocycles. The smallest absolute Gasteiger partial charge is 0.288 e. The molecule has 1 aromatic carbocycles. The van der Waals surface area contributed by atoms with Crippen molar-refractivity contribution in [2.45, 2.75) is 19.8 Å². The summed E-state index contributed by atoms with van der Waals surface area (Å²) >= 11 is 0. The molecule has 3 rings (SSSR count). The van der Waals surface area contributed by atoms with Crippen LogP contribution in [0.1, 0.15) is 29.4 Å². The van der Waals surface area contributed by atoms with Gasteiger partial charge in [0.1, 0.15) is 5.69 Å². The highest BCUT2D eigenvalue weighted by Crippen LogP contribution is 2.25. The van der Waals surface area contributed by atoms with E-state index in [0.717, 1.165) is 12.1 Å². The van der Waals surface area contributed by atoms with Gasteiger partial charge in [0.2, 0.25) is 11.8 Å². The number of hydrazine groups is 1. The maximum absolute atomic E-state index is 12.3. The second-order valence-electron chi connectivity index (χ2n) is 6.08. The summed E-state index contributed by atoms with van der Waals surface area (Å²) in [4.78, 5) is 41.9. The van der Waals surface area contributed by atoms with Gasteiger partial charge < -0.3 is 4.90 Å². The molecule has 2 aromatic rings. The van der Waals surface area contributed by atoms with Gasteiger partial charge >= 0.3 is 0 Å². The first-order valence-electron chi connectivity index (χ1n) is 8.49. The summed E-state index contributed by atoms with van der Waals surface area (Å²) in [6, 6.07) is 12.6. The SMILES string of the molecule is CCc1ccc(N2C[C@H](C(=O)NNC(=O)c3ccccn3)CC2=O)cc1. The number of hydrogen-bond acceptors (Lipinski definition) is 4. The van der Waals surface area contributed by atoms with Crippen molar-refractivity contribution in [2.24, 2.45) is 5.92 Å². The van der Waals surface area contributed by atoms with E-state index < -0.39 is 17.7 Å². The van der Waals surface area contributed by atoms with Crippen LogP contribution in [0.2, 0.25) is 0 Å². The zero-order chi connectivity index (χ0) is 18.5. The predicted octanol–water partition coefficient (Wildman–Crippen LogP) is 1.46. The molecule has 0 saturated carbocycles. The van der Waals surface area contributed by atoms with Crippen LogP contribution in [0.15, 0.2) is 48.7 Å². The fourth-order valence-corrected chi connectivity index (χ4v) is 2.83. The predicted molar refractivity (Wildman–Crippen MR) is 96.1 cm³/mol. The van der Waals surface area contributed by atoms with Crippen LogP contribution in [0, 0.1) is 5.92 Å². The van der Waals surface area contributed by atoms with Crippen molar-refractivity contribution < 1.29 is 14.4 Å². The van der Waals surface area contributed by atoms with E-state index >= 15 is 0 Å². The average molecular weight is 352 g/mol. The second-order valence-corrected chi connectivity index (χ2v) is 6.08. The highest BCUT2D eigenvalue weighted by molar-refractivity contribution is 6.01. The van der Waals surface area contributed by atoms with Crippen molar-refractivity contribution in [3.05, 3.63) is 59.9 Å². The quantitative estimate of drug-likeness (QED) is 0.815. The Bertz CT molecular complexity index is 805. The molecule has 0 spiro atoms. The lowest BCUT2D eigenvalue weighted by molar-refractivity contribution is -0.126. The number of carbonyl (C=O) groups is 3. The van der Waals surface area contributed by atoms with Gasteiger partial charge in [-0.15, -0.1) is 0 Å². The summed E-state index contributed by atoms with van der Waals surface area (Å²) in [5.41, 5.74) is 6.87. The monoisotopic (exact) mass is 352 g/mol. The number of nitrogens with zero attached hydrogens (tertiary/aromatic N) is 2. The Hall–Kier alpha value is -3.22. The number of pyridine rings is 1. The molecule has 7 nitrogen and oxygen atoms in total. The summed E-state index contributed by atoms with van der Waals surface area (Å²) in [6.07, 6.45) is 2.53. The van der Waals surface area contributed by atoms with E-state index in [4.69, 9.17) is 0 Å². The van der Waals surface area contributed by atoms with Crippen LogP contribution in [0.4, 0.5) is 5.69 Å². The van der Waals surface area contributed by atoms with Crippen LogP contribution in [-0.2, 0) is 16.0 Å². The molecule has 1 aliphatic rings. The maximum Gasteiger partial charge on any atom is 0.288 e. The Morgan fingerprint density at radius 2 is 1.92 bits per heavy atom. The van der Waals surface area contributed by atoms with Crippen LogP contribution in [-0.4, -0.2) is 29.3 Å². The third kappa shape index (κ3) is 3.88. The molecular weight excluding hydrogens is 332 g/mol. The van der Waals surface area contributed by atoms with Gasteiger partial charge in [-0.1, -0.05) is 25.1 Å². The average Bonchev–Trinajstić information content (AvgIpc) is 3.08. The Balaban J connectivity index is 1.57. The minimum absolute atomic E-state index is 0.106. The van der Waals surface area contributed by atoms with Crippen molar-refractivity contribution in [3.63, 3.8) is 0 Å². The fourth-order valence-electron chi connectivity index (χ4n) is 2.83. The van der Waals surface area contributed by atoms with Crippen molar-refractivity contribution in [1.82, 2.24) is 15.8 Å². The number of aromatic nitrogens is 1. The van der Waals surface area contributed by atoms with E-state index in [-0.39, 0.29) is 24.6 Å². The molecule has 1 aliphatic heterocycles. The van der Waals surface area contributed by atoms with Gasteiger partial charge in [0, 0.05) is 24.8 Å². The van der Waals surface area contributed by atoms with Crippen LogP contribution in [0.3, 0.4) is 0 Å². The van der Waals surface area contributed by atoms with E-state index in [1.54, 1.807) is 23.1 Å². The molecule has 1 atom stereocenters. The number of amides is 3. The fraction of sp³-hybridized carbons (Fsp3) is 0.263. The van der Waals surface area contributed by atoms with E-state index in [0.29, 0.717) is 0 Å². The van der Waals surface area contributed by atoms with Gasteiger partial charge in [-0.2, -0.15) is 0 Å². The summed E-state index contributed by atoms with van der Waals surface area (Å²) in [5, 5.41) is 0. The zero-order valence-electron chi connectivity index (χ0n) is 14.4. The van der Waals surface area contributed by atoms with E-state index in [9.17, 15) is 14.4 Å². The third-order valence-corrected chi connectivity index (χ3v) is 4.35. The molecule has 0 bridgehead atoms. The number of carbonyl (C=O) groups excluding carboxylic acids is 3. The second kappa shape index (κ2) is 7.77. The van der Waals surface area contributed by atoms with Gasteiger partial charge in [0.05, 0.1) is 5.92 Å². The summed E-state index contributed by atoms with van der Waals surface area (Å²) < 4.78 is 0. The molecule has 1 saturated heterocycles. The zero-order valence-corrected chi connectivity index (χ0v) is 14.4. The molecule has 1 fully saturated rings. The highest BCUT2D eigenvalue weighted by Gasteiger charge is 2.35. The van der Waals surface area contributed by atoms with Gasteiger partial charge in [-0.05, 0) is 36.2 Å². The van der Waals surface area contributed by atoms with Gasteiger partial charge in [0.25, 0.3) is 5.91 Å². The number of aryl methyl sites for hydroxylation is 1. The molecule has 26 heavy (non-hydrogen) atoms.